The minimum atomic E-state index is 0.318. The molecule has 0 heterocycles. The molecule has 2 atom stereocenters. The molecule has 0 radical (unpaired) electrons. The van der Waals surface area contributed by atoms with Gasteiger partial charge < -0.3 is 5.73 Å². The third-order valence-corrected chi connectivity index (χ3v) is 3.20. The lowest BCUT2D eigenvalue weighted by molar-refractivity contribution is 0.442. The van der Waals surface area contributed by atoms with Crippen molar-refractivity contribution in [2.75, 3.05) is 0 Å². The maximum atomic E-state index is 5.98. The van der Waals surface area contributed by atoms with E-state index in [1.807, 2.05) is 0 Å². The maximum absolute atomic E-state index is 5.98. The number of hydrogen-bond acceptors (Lipinski definition) is 1. The predicted octanol–water partition coefficient (Wildman–Crippen LogP) is 3.37. The molecule has 2 N–H and O–H groups in total. The Balaban J connectivity index is 2.56. The first-order valence-electron chi connectivity index (χ1n) is 5.13. The highest BCUT2D eigenvalue weighted by Gasteiger charge is 2.10. The Bertz CT molecular complexity index is 268. The summed E-state index contributed by atoms with van der Waals surface area (Å²) in [5.74, 6) is 0.557. The molecule has 2 heteroatoms. The van der Waals surface area contributed by atoms with E-state index in [9.17, 15) is 0 Å². The average molecular weight is 256 g/mol. The summed E-state index contributed by atoms with van der Waals surface area (Å²) < 4.78 is 1.13. The molecule has 1 aromatic rings. The fourth-order valence-corrected chi connectivity index (χ4v) is 1.81. The molecule has 0 aliphatic heterocycles. The second-order valence-electron chi connectivity index (χ2n) is 3.88. The first-order chi connectivity index (χ1) is 6.63. The number of halogens is 1. The molecule has 1 aromatic carbocycles. The molecule has 78 valence electrons. The highest BCUT2D eigenvalue weighted by molar-refractivity contribution is 9.10. The Morgan fingerprint density at radius 2 is 1.86 bits per heavy atom. The van der Waals surface area contributed by atoms with Crippen LogP contribution in [-0.4, -0.2) is 6.04 Å². The van der Waals surface area contributed by atoms with Gasteiger partial charge in [-0.05, 0) is 36.5 Å². The third kappa shape index (κ3) is 3.43. The Morgan fingerprint density at radius 1 is 1.29 bits per heavy atom. The van der Waals surface area contributed by atoms with Crippen LogP contribution in [0.3, 0.4) is 0 Å². The molecular weight excluding hydrogens is 238 g/mol. The van der Waals surface area contributed by atoms with Crippen molar-refractivity contribution in [3.8, 4) is 0 Å². The SMILES string of the molecule is CCC(N)C(C)Cc1ccc(Br)cc1. The second kappa shape index (κ2) is 5.52. The van der Waals surface area contributed by atoms with Crippen molar-refractivity contribution in [1.29, 1.82) is 0 Å². The highest BCUT2D eigenvalue weighted by Crippen LogP contribution is 2.15. The average Bonchev–Trinajstić information content (AvgIpc) is 2.20. The van der Waals surface area contributed by atoms with Crippen LogP contribution < -0.4 is 5.73 Å². The van der Waals surface area contributed by atoms with E-state index in [4.69, 9.17) is 5.73 Å². The first-order valence-corrected chi connectivity index (χ1v) is 5.92. The van der Waals surface area contributed by atoms with Gasteiger partial charge in [-0.1, -0.05) is 41.9 Å². The maximum Gasteiger partial charge on any atom is 0.0175 e. The van der Waals surface area contributed by atoms with E-state index in [-0.39, 0.29) is 0 Å². The van der Waals surface area contributed by atoms with E-state index < -0.39 is 0 Å². The summed E-state index contributed by atoms with van der Waals surface area (Å²) in [4.78, 5) is 0. The summed E-state index contributed by atoms with van der Waals surface area (Å²) in [5, 5.41) is 0. The zero-order valence-electron chi connectivity index (χ0n) is 8.83. The van der Waals surface area contributed by atoms with Crippen LogP contribution in [0.1, 0.15) is 25.8 Å². The summed E-state index contributed by atoms with van der Waals surface area (Å²) in [6, 6.07) is 8.80. The van der Waals surface area contributed by atoms with Gasteiger partial charge in [-0.3, -0.25) is 0 Å². The van der Waals surface area contributed by atoms with Gasteiger partial charge in [-0.2, -0.15) is 0 Å². The van der Waals surface area contributed by atoms with Crippen LogP contribution in [0, 0.1) is 5.92 Å². The van der Waals surface area contributed by atoms with Crippen LogP contribution in [0.15, 0.2) is 28.7 Å². The molecule has 0 fully saturated rings. The van der Waals surface area contributed by atoms with E-state index in [0.29, 0.717) is 12.0 Å². The zero-order valence-corrected chi connectivity index (χ0v) is 10.4. The van der Waals surface area contributed by atoms with Crippen molar-refractivity contribution in [2.45, 2.75) is 32.7 Å². The molecule has 0 saturated heterocycles. The number of nitrogens with two attached hydrogens (primary N) is 1. The van der Waals surface area contributed by atoms with E-state index in [1.54, 1.807) is 0 Å². The highest BCUT2D eigenvalue weighted by atomic mass is 79.9. The number of benzene rings is 1. The van der Waals surface area contributed by atoms with Crippen LogP contribution in [0.25, 0.3) is 0 Å². The van der Waals surface area contributed by atoms with Crippen LogP contribution in [0.4, 0.5) is 0 Å². The lowest BCUT2D eigenvalue weighted by Gasteiger charge is -2.18. The molecule has 2 unspecified atom stereocenters. The van der Waals surface area contributed by atoms with E-state index >= 15 is 0 Å². The van der Waals surface area contributed by atoms with Gasteiger partial charge in [0.1, 0.15) is 0 Å². The van der Waals surface area contributed by atoms with E-state index in [1.165, 1.54) is 5.56 Å². The summed E-state index contributed by atoms with van der Waals surface area (Å²) in [6.45, 7) is 4.36. The number of rotatable bonds is 4. The van der Waals surface area contributed by atoms with Crippen molar-refractivity contribution in [3.05, 3.63) is 34.3 Å². The van der Waals surface area contributed by atoms with Crippen LogP contribution in [0.2, 0.25) is 0 Å². The van der Waals surface area contributed by atoms with Gasteiger partial charge >= 0.3 is 0 Å². The molecule has 0 saturated carbocycles. The molecule has 0 aliphatic carbocycles. The minimum Gasteiger partial charge on any atom is -0.327 e. The van der Waals surface area contributed by atoms with Crippen molar-refractivity contribution in [2.24, 2.45) is 11.7 Å². The van der Waals surface area contributed by atoms with Crippen LogP contribution in [0.5, 0.6) is 0 Å². The summed E-state index contributed by atoms with van der Waals surface area (Å²) in [6.07, 6.45) is 2.12. The van der Waals surface area contributed by atoms with Gasteiger partial charge in [0.05, 0.1) is 0 Å². The first kappa shape index (κ1) is 11.7. The molecule has 1 nitrogen and oxygen atoms in total. The molecule has 0 spiro atoms. The Morgan fingerprint density at radius 3 is 2.36 bits per heavy atom. The topological polar surface area (TPSA) is 26.0 Å². The fraction of sp³-hybridized carbons (Fsp3) is 0.500. The second-order valence-corrected chi connectivity index (χ2v) is 4.80. The lowest BCUT2D eigenvalue weighted by Crippen LogP contribution is -2.28. The Labute approximate surface area is 94.8 Å². The Kier molecular flexibility index (Phi) is 4.63. The molecule has 0 aliphatic rings. The molecular formula is C12H18BrN. The third-order valence-electron chi connectivity index (χ3n) is 2.67. The largest absolute Gasteiger partial charge is 0.327 e. The summed E-state index contributed by atoms with van der Waals surface area (Å²) in [5.41, 5.74) is 7.35. The smallest absolute Gasteiger partial charge is 0.0175 e. The van der Waals surface area contributed by atoms with Crippen molar-refractivity contribution in [1.82, 2.24) is 0 Å². The van der Waals surface area contributed by atoms with Gasteiger partial charge in [-0.25, -0.2) is 0 Å². The zero-order chi connectivity index (χ0) is 10.6. The van der Waals surface area contributed by atoms with Crippen LogP contribution >= 0.6 is 15.9 Å². The summed E-state index contributed by atoms with van der Waals surface area (Å²) in [7, 11) is 0. The van der Waals surface area contributed by atoms with Crippen molar-refractivity contribution in [3.63, 3.8) is 0 Å². The lowest BCUT2D eigenvalue weighted by atomic mass is 9.93. The van der Waals surface area contributed by atoms with Crippen molar-refractivity contribution < 1.29 is 0 Å². The predicted molar refractivity (Wildman–Crippen MR) is 65.3 cm³/mol. The quantitative estimate of drug-likeness (QED) is 0.878. The van der Waals surface area contributed by atoms with Gasteiger partial charge in [-0.15, -0.1) is 0 Å². The number of hydrogen-bond donors (Lipinski definition) is 1. The van der Waals surface area contributed by atoms with Gasteiger partial charge in [0, 0.05) is 10.5 Å². The minimum absolute atomic E-state index is 0.318. The van der Waals surface area contributed by atoms with Gasteiger partial charge in [0.25, 0.3) is 0 Å². The van der Waals surface area contributed by atoms with Gasteiger partial charge in [0.2, 0.25) is 0 Å². The molecule has 1 rings (SSSR count). The molecule has 14 heavy (non-hydrogen) atoms. The summed E-state index contributed by atoms with van der Waals surface area (Å²) >= 11 is 3.43. The molecule has 0 aromatic heterocycles. The fourth-order valence-electron chi connectivity index (χ4n) is 1.55. The van der Waals surface area contributed by atoms with Crippen LogP contribution in [-0.2, 0) is 6.42 Å². The molecule has 0 bridgehead atoms. The standard InChI is InChI=1S/C12H18BrN/c1-3-12(14)9(2)8-10-4-6-11(13)7-5-10/h4-7,9,12H,3,8,14H2,1-2H3. The van der Waals surface area contributed by atoms with E-state index in [2.05, 4.69) is 54.0 Å². The monoisotopic (exact) mass is 255 g/mol. The molecule has 0 amide bonds. The van der Waals surface area contributed by atoms with Gasteiger partial charge in [0.15, 0.2) is 0 Å². The van der Waals surface area contributed by atoms with Crippen molar-refractivity contribution >= 4 is 15.9 Å². The normalized spacial score (nSPS) is 15.1. The Hall–Kier alpha value is -0.340. The van der Waals surface area contributed by atoms with E-state index in [0.717, 1.165) is 17.3 Å².